The highest BCUT2D eigenvalue weighted by atomic mass is 16.5. The molecule has 1 aromatic carbocycles. The van der Waals surface area contributed by atoms with Gasteiger partial charge in [-0.3, -0.25) is 0 Å². The highest BCUT2D eigenvalue weighted by Crippen LogP contribution is 2.16. The lowest BCUT2D eigenvalue weighted by molar-refractivity contribution is 0.0527. The van der Waals surface area contributed by atoms with Crippen molar-refractivity contribution in [3.8, 4) is 0 Å². The third kappa shape index (κ3) is 2.76. The van der Waals surface area contributed by atoms with Gasteiger partial charge in [0, 0.05) is 0 Å². The van der Waals surface area contributed by atoms with Gasteiger partial charge in [-0.1, -0.05) is 24.3 Å². The van der Waals surface area contributed by atoms with E-state index < -0.39 is 5.97 Å². The summed E-state index contributed by atoms with van der Waals surface area (Å²) in [5.74, 6) is -0.0993. The summed E-state index contributed by atoms with van der Waals surface area (Å²) in [5.41, 5.74) is 8.53. The molecule has 0 spiro atoms. The minimum Gasteiger partial charge on any atom is -0.462 e. The molecule has 2 N–H and O–H groups in total. The van der Waals surface area contributed by atoms with E-state index in [4.69, 9.17) is 10.5 Å². The number of ether oxygens (including phenoxy) is 1. The molecule has 1 aromatic heterocycles. The van der Waals surface area contributed by atoms with Crippen LogP contribution in [0, 0.1) is 6.92 Å². The van der Waals surface area contributed by atoms with Crippen molar-refractivity contribution in [2.45, 2.75) is 20.4 Å². The second kappa shape index (κ2) is 5.56. The van der Waals surface area contributed by atoms with Gasteiger partial charge in [-0.2, -0.15) is 5.10 Å². The number of rotatable bonds is 4. The van der Waals surface area contributed by atoms with Crippen molar-refractivity contribution in [1.29, 1.82) is 0 Å². The Morgan fingerprint density at radius 3 is 2.84 bits per heavy atom. The first-order valence-electron chi connectivity index (χ1n) is 6.16. The second-order valence-electron chi connectivity index (χ2n) is 4.25. The van der Waals surface area contributed by atoms with Crippen molar-refractivity contribution in [1.82, 2.24) is 9.78 Å². The monoisotopic (exact) mass is 259 g/mol. The minimum atomic E-state index is -0.434. The van der Waals surface area contributed by atoms with E-state index in [1.165, 1.54) is 6.20 Å². The van der Waals surface area contributed by atoms with Crippen LogP contribution in [0.3, 0.4) is 0 Å². The molecule has 0 fully saturated rings. The molecule has 0 atom stereocenters. The fourth-order valence-electron chi connectivity index (χ4n) is 1.84. The van der Waals surface area contributed by atoms with Crippen molar-refractivity contribution >= 4 is 11.8 Å². The van der Waals surface area contributed by atoms with Gasteiger partial charge in [-0.15, -0.1) is 0 Å². The summed E-state index contributed by atoms with van der Waals surface area (Å²) < 4.78 is 6.53. The van der Waals surface area contributed by atoms with E-state index in [1.54, 1.807) is 11.6 Å². The number of carbonyl (C=O) groups is 1. The molecule has 100 valence electrons. The number of aromatic nitrogens is 2. The largest absolute Gasteiger partial charge is 0.462 e. The Kier molecular flexibility index (Phi) is 3.85. The zero-order valence-electron chi connectivity index (χ0n) is 11.1. The number of benzene rings is 1. The van der Waals surface area contributed by atoms with Crippen LogP contribution in [0.4, 0.5) is 5.82 Å². The van der Waals surface area contributed by atoms with Gasteiger partial charge in [0.25, 0.3) is 0 Å². The zero-order chi connectivity index (χ0) is 13.8. The van der Waals surface area contributed by atoms with Crippen LogP contribution in [0.15, 0.2) is 30.5 Å². The van der Waals surface area contributed by atoms with E-state index in [1.807, 2.05) is 31.2 Å². The molecule has 0 saturated heterocycles. The standard InChI is InChI=1S/C14H17N3O2/c1-3-19-14(18)12-8-16-17(13(12)15)9-11-7-5-4-6-10(11)2/h4-8H,3,9,15H2,1-2H3. The molecule has 5 heteroatoms. The van der Waals surface area contributed by atoms with E-state index in [-0.39, 0.29) is 0 Å². The SMILES string of the molecule is CCOC(=O)c1cnn(Cc2ccccc2C)c1N. The summed E-state index contributed by atoms with van der Waals surface area (Å²) in [4.78, 5) is 11.6. The molecule has 0 aliphatic carbocycles. The van der Waals surface area contributed by atoms with Crippen LogP contribution < -0.4 is 5.73 Å². The summed E-state index contributed by atoms with van der Waals surface area (Å²) >= 11 is 0. The molecular formula is C14H17N3O2. The Morgan fingerprint density at radius 2 is 2.16 bits per heavy atom. The van der Waals surface area contributed by atoms with Gasteiger partial charge >= 0.3 is 5.97 Å². The van der Waals surface area contributed by atoms with Gasteiger partial charge < -0.3 is 10.5 Å². The van der Waals surface area contributed by atoms with E-state index >= 15 is 0 Å². The van der Waals surface area contributed by atoms with Crippen molar-refractivity contribution in [3.05, 3.63) is 47.2 Å². The van der Waals surface area contributed by atoms with Crippen LogP contribution in [0.25, 0.3) is 0 Å². The van der Waals surface area contributed by atoms with Crippen LogP contribution >= 0.6 is 0 Å². The van der Waals surface area contributed by atoms with Gasteiger partial charge in [-0.25, -0.2) is 9.48 Å². The molecule has 0 amide bonds. The van der Waals surface area contributed by atoms with E-state index in [0.29, 0.717) is 24.5 Å². The number of nitrogens with zero attached hydrogens (tertiary/aromatic N) is 2. The van der Waals surface area contributed by atoms with Crippen LogP contribution in [0.1, 0.15) is 28.4 Å². The molecule has 2 rings (SSSR count). The number of nitrogens with two attached hydrogens (primary N) is 1. The van der Waals surface area contributed by atoms with E-state index in [2.05, 4.69) is 5.10 Å². The topological polar surface area (TPSA) is 70.1 Å². The minimum absolute atomic E-state index is 0.315. The van der Waals surface area contributed by atoms with Gasteiger partial charge in [-0.05, 0) is 25.0 Å². The van der Waals surface area contributed by atoms with Crippen LogP contribution in [-0.4, -0.2) is 22.4 Å². The smallest absolute Gasteiger partial charge is 0.343 e. The number of hydrogen-bond donors (Lipinski definition) is 1. The summed E-state index contributed by atoms with van der Waals surface area (Å²) in [6.45, 7) is 4.65. The normalized spacial score (nSPS) is 10.4. The molecule has 0 aliphatic heterocycles. The fraction of sp³-hybridized carbons (Fsp3) is 0.286. The quantitative estimate of drug-likeness (QED) is 0.852. The molecule has 0 aliphatic rings. The molecule has 0 radical (unpaired) electrons. The molecule has 0 unspecified atom stereocenters. The van der Waals surface area contributed by atoms with Gasteiger partial charge in [0.05, 0.1) is 19.3 Å². The van der Waals surface area contributed by atoms with Gasteiger partial charge in [0.2, 0.25) is 0 Å². The third-order valence-electron chi connectivity index (χ3n) is 2.96. The molecular weight excluding hydrogens is 242 g/mol. The third-order valence-corrected chi connectivity index (χ3v) is 2.96. The number of nitrogen functional groups attached to an aromatic ring is 1. The Morgan fingerprint density at radius 1 is 1.42 bits per heavy atom. The lowest BCUT2D eigenvalue weighted by Gasteiger charge is -2.07. The van der Waals surface area contributed by atoms with Crippen LogP contribution in [0.2, 0.25) is 0 Å². The number of carbonyl (C=O) groups excluding carboxylic acids is 1. The van der Waals surface area contributed by atoms with E-state index in [9.17, 15) is 4.79 Å². The molecule has 5 nitrogen and oxygen atoms in total. The first-order valence-corrected chi connectivity index (χ1v) is 6.16. The predicted molar refractivity (Wildman–Crippen MR) is 72.9 cm³/mol. The maximum Gasteiger partial charge on any atom is 0.343 e. The highest BCUT2D eigenvalue weighted by Gasteiger charge is 2.16. The Bertz CT molecular complexity index is 590. The summed E-state index contributed by atoms with van der Waals surface area (Å²) in [5, 5.41) is 4.15. The maximum atomic E-state index is 11.6. The number of anilines is 1. The van der Waals surface area contributed by atoms with Crippen molar-refractivity contribution in [3.63, 3.8) is 0 Å². The summed E-state index contributed by atoms with van der Waals surface area (Å²) in [7, 11) is 0. The molecule has 0 bridgehead atoms. The maximum absolute atomic E-state index is 11.6. The lowest BCUT2D eigenvalue weighted by atomic mass is 10.1. The Labute approximate surface area is 112 Å². The first-order chi connectivity index (χ1) is 9.13. The van der Waals surface area contributed by atoms with E-state index in [0.717, 1.165) is 11.1 Å². The van der Waals surface area contributed by atoms with Crippen molar-refractivity contribution < 1.29 is 9.53 Å². The number of aryl methyl sites for hydroxylation is 1. The molecule has 2 aromatic rings. The van der Waals surface area contributed by atoms with Gasteiger partial charge in [0.15, 0.2) is 0 Å². The fourth-order valence-corrected chi connectivity index (χ4v) is 1.84. The average Bonchev–Trinajstić information content (AvgIpc) is 2.74. The number of esters is 1. The lowest BCUT2D eigenvalue weighted by Crippen LogP contribution is -2.11. The highest BCUT2D eigenvalue weighted by molar-refractivity contribution is 5.93. The molecule has 1 heterocycles. The van der Waals surface area contributed by atoms with Gasteiger partial charge in [0.1, 0.15) is 11.4 Å². The Hall–Kier alpha value is -2.30. The molecule has 0 saturated carbocycles. The Balaban J connectivity index is 2.23. The summed E-state index contributed by atoms with van der Waals surface area (Å²) in [6, 6.07) is 7.99. The van der Waals surface area contributed by atoms with Crippen molar-refractivity contribution in [2.24, 2.45) is 0 Å². The van der Waals surface area contributed by atoms with Crippen LogP contribution in [0.5, 0.6) is 0 Å². The van der Waals surface area contributed by atoms with Crippen molar-refractivity contribution in [2.75, 3.05) is 12.3 Å². The van der Waals surface area contributed by atoms with Crippen LogP contribution in [-0.2, 0) is 11.3 Å². The summed E-state index contributed by atoms with van der Waals surface area (Å²) in [6.07, 6.45) is 1.45. The zero-order valence-corrected chi connectivity index (χ0v) is 11.1. The first kappa shape index (κ1) is 13.1. The molecule has 19 heavy (non-hydrogen) atoms. The average molecular weight is 259 g/mol. The number of hydrogen-bond acceptors (Lipinski definition) is 4. The second-order valence-corrected chi connectivity index (χ2v) is 4.25. The predicted octanol–water partition coefficient (Wildman–Crippen LogP) is 2.00.